The monoisotopic (exact) mass is 298 g/mol. The van der Waals surface area contributed by atoms with Crippen LogP contribution in [0.15, 0.2) is 0 Å². The third kappa shape index (κ3) is 3.38. The highest BCUT2D eigenvalue weighted by Crippen LogP contribution is 2.34. The van der Waals surface area contributed by atoms with Crippen molar-refractivity contribution in [3.05, 3.63) is 0 Å². The first-order valence-corrected chi connectivity index (χ1v) is 8.19. The van der Waals surface area contributed by atoms with Crippen molar-refractivity contribution in [1.82, 2.24) is 10.2 Å². The number of nitrogens with one attached hydrogen (secondary N) is 1. The molecule has 120 valence electrons. The third-order valence-electron chi connectivity index (χ3n) is 4.65. The van der Waals surface area contributed by atoms with Crippen molar-refractivity contribution in [2.45, 2.75) is 70.4 Å². The average Bonchev–Trinajstić information content (AvgIpc) is 2.45. The Balaban J connectivity index is 2.21. The van der Waals surface area contributed by atoms with Gasteiger partial charge in [-0.3, -0.25) is 14.0 Å². The minimum atomic E-state index is -0.709. The van der Waals surface area contributed by atoms with Crippen molar-refractivity contribution < 1.29 is 14.0 Å². The fraction of sp³-hybridized carbons (Fsp3) is 0.875. The zero-order valence-corrected chi connectivity index (χ0v) is 13.2. The first-order valence-electron chi connectivity index (χ1n) is 8.19. The summed E-state index contributed by atoms with van der Waals surface area (Å²) in [7, 11) is 0. The van der Waals surface area contributed by atoms with E-state index in [-0.39, 0.29) is 11.8 Å². The van der Waals surface area contributed by atoms with Crippen LogP contribution in [0.3, 0.4) is 0 Å². The van der Waals surface area contributed by atoms with Gasteiger partial charge < -0.3 is 10.2 Å². The second kappa shape index (κ2) is 6.75. The van der Waals surface area contributed by atoms with Gasteiger partial charge >= 0.3 is 0 Å². The third-order valence-corrected chi connectivity index (χ3v) is 4.65. The zero-order chi connectivity index (χ0) is 15.5. The van der Waals surface area contributed by atoms with Crippen molar-refractivity contribution in [1.29, 1.82) is 0 Å². The summed E-state index contributed by atoms with van der Waals surface area (Å²) in [5, 5.41) is 3.02. The molecule has 0 aromatic heterocycles. The summed E-state index contributed by atoms with van der Waals surface area (Å²) in [5.41, 5.74) is -0.709. The van der Waals surface area contributed by atoms with Crippen LogP contribution in [0.2, 0.25) is 0 Å². The van der Waals surface area contributed by atoms with E-state index in [0.29, 0.717) is 25.3 Å². The highest BCUT2D eigenvalue weighted by atomic mass is 19.1. The van der Waals surface area contributed by atoms with Crippen LogP contribution in [0.4, 0.5) is 4.39 Å². The Morgan fingerprint density at radius 3 is 2.52 bits per heavy atom. The van der Waals surface area contributed by atoms with Gasteiger partial charge in [0.25, 0.3) is 0 Å². The van der Waals surface area contributed by atoms with Gasteiger partial charge in [0.05, 0.1) is 6.67 Å². The number of halogens is 1. The summed E-state index contributed by atoms with van der Waals surface area (Å²) in [4.78, 5) is 27.1. The average molecular weight is 298 g/mol. The Morgan fingerprint density at radius 1 is 1.29 bits per heavy atom. The van der Waals surface area contributed by atoms with E-state index >= 15 is 0 Å². The van der Waals surface area contributed by atoms with Crippen LogP contribution in [0.25, 0.3) is 0 Å². The maximum absolute atomic E-state index is 12.9. The molecule has 1 N–H and O–H groups in total. The van der Waals surface area contributed by atoms with Crippen LogP contribution in [0, 0.1) is 5.92 Å². The largest absolute Gasteiger partial charge is 0.340 e. The molecule has 1 unspecified atom stereocenters. The molecule has 2 fully saturated rings. The van der Waals surface area contributed by atoms with E-state index in [1.807, 2.05) is 13.8 Å². The van der Waals surface area contributed by atoms with E-state index < -0.39 is 18.3 Å². The Morgan fingerprint density at radius 2 is 1.95 bits per heavy atom. The molecule has 0 bridgehead atoms. The van der Waals surface area contributed by atoms with Crippen LogP contribution in [0.1, 0.15) is 58.8 Å². The predicted molar refractivity (Wildman–Crippen MR) is 79.5 cm³/mol. The quantitative estimate of drug-likeness (QED) is 0.847. The van der Waals surface area contributed by atoms with Gasteiger partial charge in [-0.25, -0.2) is 0 Å². The molecule has 1 spiro atoms. The molecule has 2 rings (SSSR count). The van der Waals surface area contributed by atoms with E-state index in [1.165, 1.54) is 0 Å². The lowest BCUT2D eigenvalue weighted by Gasteiger charge is -2.48. The first-order chi connectivity index (χ1) is 10.00. The highest BCUT2D eigenvalue weighted by Gasteiger charge is 2.50. The topological polar surface area (TPSA) is 49.4 Å². The lowest BCUT2D eigenvalue weighted by molar-refractivity contribution is -0.157. The number of carbonyl (C=O) groups excluding carboxylic acids is 2. The normalized spacial score (nSPS) is 25.5. The molecule has 0 aromatic carbocycles. The summed E-state index contributed by atoms with van der Waals surface area (Å²) in [6, 6.07) is -0.434. The van der Waals surface area contributed by atoms with Gasteiger partial charge in [0.1, 0.15) is 11.6 Å². The number of amides is 2. The summed E-state index contributed by atoms with van der Waals surface area (Å²) in [6.07, 6.45) is 5.44. The Hall–Kier alpha value is -1.13. The molecule has 2 amide bonds. The van der Waals surface area contributed by atoms with Gasteiger partial charge in [-0.05, 0) is 31.6 Å². The lowest BCUT2D eigenvalue weighted by atomic mass is 9.78. The van der Waals surface area contributed by atoms with Gasteiger partial charge in [0, 0.05) is 6.54 Å². The molecular weight excluding hydrogens is 271 g/mol. The van der Waals surface area contributed by atoms with Gasteiger partial charge in [-0.1, -0.05) is 33.1 Å². The van der Waals surface area contributed by atoms with E-state index in [1.54, 1.807) is 4.90 Å². The number of hydrogen-bond donors (Lipinski definition) is 1. The van der Waals surface area contributed by atoms with Gasteiger partial charge in [-0.15, -0.1) is 0 Å². The van der Waals surface area contributed by atoms with E-state index in [2.05, 4.69) is 5.32 Å². The molecule has 0 radical (unpaired) electrons. The zero-order valence-electron chi connectivity index (χ0n) is 13.2. The number of nitrogens with zero attached hydrogens (tertiary/aromatic N) is 1. The fourth-order valence-corrected chi connectivity index (χ4v) is 3.59. The number of hydrogen-bond acceptors (Lipinski definition) is 2. The van der Waals surface area contributed by atoms with Gasteiger partial charge in [0.2, 0.25) is 11.8 Å². The van der Waals surface area contributed by atoms with Crippen LogP contribution in [0.5, 0.6) is 0 Å². The summed E-state index contributed by atoms with van der Waals surface area (Å²) < 4.78 is 12.6. The van der Waals surface area contributed by atoms with Crippen LogP contribution in [-0.4, -0.2) is 41.5 Å². The molecule has 1 aliphatic heterocycles. The molecule has 1 heterocycles. The fourth-order valence-electron chi connectivity index (χ4n) is 3.59. The molecule has 21 heavy (non-hydrogen) atoms. The molecule has 5 heteroatoms. The number of piperazine rings is 1. The van der Waals surface area contributed by atoms with Crippen molar-refractivity contribution in [2.24, 2.45) is 5.92 Å². The van der Waals surface area contributed by atoms with Crippen LogP contribution >= 0.6 is 0 Å². The van der Waals surface area contributed by atoms with Crippen LogP contribution < -0.4 is 5.32 Å². The molecule has 2 aliphatic rings. The van der Waals surface area contributed by atoms with E-state index in [4.69, 9.17) is 0 Å². The Bertz CT molecular complexity index is 392. The predicted octanol–water partition coefficient (Wildman–Crippen LogP) is 2.42. The minimum Gasteiger partial charge on any atom is -0.340 e. The molecule has 1 saturated heterocycles. The molecular formula is C16H27FN2O2. The van der Waals surface area contributed by atoms with Crippen molar-refractivity contribution in [3.8, 4) is 0 Å². The van der Waals surface area contributed by atoms with E-state index in [0.717, 1.165) is 32.1 Å². The number of alkyl halides is 1. The van der Waals surface area contributed by atoms with Crippen LogP contribution in [-0.2, 0) is 9.59 Å². The van der Waals surface area contributed by atoms with Gasteiger partial charge in [0.15, 0.2) is 0 Å². The molecule has 0 aromatic rings. The Kier molecular flexibility index (Phi) is 5.22. The second-order valence-electron chi connectivity index (χ2n) is 6.82. The second-order valence-corrected chi connectivity index (χ2v) is 6.82. The number of rotatable bonds is 5. The van der Waals surface area contributed by atoms with Gasteiger partial charge in [-0.2, -0.15) is 0 Å². The standard InChI is InChI=1S/C16H27FN2O2/c1-12(2)11-13-14(20)18-16(7-4-3-5-8-16)15(21)19(13)10-6-9-17/h12-13H,3-11H2,1-2H3,(H,18,20). The van der Waals surface area contributed by atoms with Crippen molar-refractivity contribution >= 4 is 11.8 Å². The van der Waals surface area contributed by atoms with Crippen molar-refractivity contribution in [3.63, 3.8) is 0 Å². The molecule has 1 atom stereocenters. The maximum Gasteiger partial charge on any atom is 0.249 e. The van der Waals surface area contributed by atoms with E-state index in [9.17, 15) is 14.0 Å². The minimum absolute atomic E-state index is 0.0147. The maximum atomic E-state index is 12.9. The Labute approximate surface area is 126 Å². The highest BCUT2D eigenvalue weighted by molar-refractivity contribution is 5.99. The summed E-state index contributed by atoms with van der Waals surface area (Å²) >= 11 is 0. The molecule has 4 nitrogen and oxygen atoms in total. The lowest BCUT2D eigenvalue weighted by Crippen LogP contribution is -2.71. The molecule has 1 saturated carbocycles. The summed E-state index contributed by atoms with van der Waals surface area (Å²) in [5.74, 6) is 0.284. The first kappa shape index (κ1) is 16.2. The summed E-state index contributed by atoms with van der Waals surface area (Å²) in [6.45, 7) is 3.97. The smallest absolute Gasteiger partial charge is 0.249 e. The SMILES string of the molecule is CC(C)CC1C(=O)NC2(CCCCC2)C(=O)N1CCCF. The molecule has 1 aliphatic carbocycles. The van der Waals surface area contributed by atoms with Crippen molar-refractivity contribution in [2.75, 3.05) is 13.2 Å². The number of carbonyl (C=O) groups is 2.